The number of aryl methyl sites for hydroxylation is 1. The maximum Gasteiger partial charge on any atom is 0.342 e. The van der Waals surface area contributed by atoms with Gasteiger partial charge in [0.25, 0.3) is 5.91 Å². The molecule has 0 aliphatic carbocycles. The van der Waals surface area contributed by atoms with Crippen LogP contribution in [0.1, 0.15) is 26.4 Å². The van der Waals surface area contributed by atoms with E-state index in [9.17, 15) is 9.59 Å². The molecule has 2 aromatic carbocycles. The summed E-state index contributed by atoms with van der Waals surface area (Å²) in [4.78, 5) is 25.5. The first-order valence-electron chi connectivity index (χ1n) is 9.36. The third kappa shape index (κ3) is 6.19. The lowest BCUT2D eigenvalue weighted by Crippen LogP contribution is -2.30. The third-order valence-corrected chi connectivity index (χ3v) is 5.30. The molecule has 3 rings (SSSR count). The SMILES string of the molecule is Cc1ccccc1COc1ccccc1C(=O)OCC(=O)NCCc1cccs1. The van der Waals surface area contributed by atoms with E-state index in [1.165, 1.54) is 4.88 Å². The van der Waals surface area contributed by atoms with E-state index in [0.717, 1.165) is 17.5 Å². The molecule has 6 heteroatoms. The zero-order valence-corrected chi connectivity index (χ0v) is 17.0. The molecular formula is C23H23NO4S. The van der Waals surface area contributed by atoms with Crippen LogP contribution < -0.4 is 10.1 Å². The molecule has 150 valence electrons. The molecule has 0 radical (unpaired) electrons. The smallest absolute Gasteiger partial charge is 0.342 e. The highest BCUT2D eigenvalue weighted by Gasteiger charge is 2.15. The predicted molar refractivity (Wildman–Crippen MR) is 113 cm³/mol. The van der Waals surface area contributed by atoms with E-state index in [2.05, 4.69) is 5.32 Å². The van der Waals surface area contributed by atoms with Crippen molar-refractivity contribution in [1.82, 2.24) is 5.32 Å². The minimum absolute atomic E-state index is 0.299. The molecule has 29 heavy (non-hydrogen) atoms. The second-order valence-corrected chi connectivity index (χ2v) is 7.50. The van der Waals surface area contributed by atoms with Crippen molar-refractivity contribution in [2.24, 2.45) is 0 Å². The number of amides is 1. The summed E-state index contributed by atoms with van der Waals surface area (Å²) in [5.41, 5.74) is 2.46. The van der Waals surface area contributed by atoms with Gasteiger partial charge in [0.15, 0.2) is 6.61 Å². The van der Waals surface area contributed by atoms with Gasteiger partial charge < -0.3 is 14.8 Å². The molecule has 0 fully saturated rings. The van der Waals surface area contributed by atoms with Gasteiger partial charge in [-0.05, 0) is 48.1 Å². The van der Waals surface area contributed by atoms with Crippen LogP contribution in [0, 0.1) is 6.92 Å². The van der Waals surface area contributed by atoms with Gasteiger partial charge in [0, 0.05) is 11.4 Å². The third-order valence-electron chi connectivity index (χ3n) is 4.36. The van der Waals surface area contributed by atoms with E-state index in [4.69, 9.17) is 9.47 Å². The van der Waals surface area contributed by atoms with Crippen LogP contribution in [0.25, 0.3) is 0 Å². The number of nitrogens with one attached hydrogen (secondary N) is 1. The van der Waals surface area contributed by atoms with Gasteiger partial charge in [0.05, 0.1) is 0 Å². The molecule has 0 saturated carbocycles. The van der Waals surface area contributed by atoms with Gasteiger partial charge in [-0.3, -0.25) is 4.79 Å². The van der Waals surface area contributed by atoms with Crippen LogP contribution >= 0.6 is 11.3 Å². The van der Waals surface area contributed by atoms with Crippen LogP contribution in [-0.4, -0.2) is 25.0 Å². The van der Waals surface area contributed by atoms with Gasteiger partial charge >= 0.3 is 5.97 Å². The molecule has 0 spiro atoms. The van der Waals surface area contributed by atoms with Crippen LogP contribution in [0.5, 0.6) is 5.75 Å². The summed E-state index contributed by atoms with van der Waals surface area (Å²) >= 11 is 1.64. The Kier molecular flexibility index (Phi) is 7.41. The van der Waals surface area contributed by atoms with E-state index in [0.29, 0.717) is 24.5 Å². The van der Waals surface area contributed by atoms with Crippen LogP contribution in [0.15, 0.2) is 66.0 Å². The summed E-state index contributed by atoms with van der Waals surface area (Å²) < 4.78 is 11.0. The van der Waals surface area contributed by atoms with Crippen LogP contribution in [0.4, 0.5) is 0 Å². The number of para-hydroxylation sites is 1. The lowest BCUT2D eigenvalue weighted by atomic mass is 10.1. The summed E-state index contributed by atoms with van der Waals surface area (Å²) in [7, 11) is 0. The Bertz CT molecular complexity index is 953. The van der Waals surface area contributed by atoms with Crippen molar-refractivity contribution in [2.45, 2.75) is 20.0 Å². The molecule has 5 nitrogen and oxygen atoms in total. The average molecular weight is 410 g/mol. The number of carbonyl (C=O) groups excluding carboxylic acids is 2. The van der Waals surface area contributed by atoms with Gasteiger partial charge in [-0.15, -0.1) is 11.3 Å². The minimum Gasteiger partial charge on any atom is -0.488 e. The lowest BCUT2D eigenvalue weighted by Gasteiger charge is -2.12. The first-order chi connectivity index (χ1) is 14.1. The molecule has 0 aliphatic heterocycles. The summed E-state index contributed by atoms with van der Waals surface area (Å²) in [5, 5.41) is 4.75. The van der Waals surface area contributed by atoms with Gasteiger partial charge in [-0.25, -0.2) is 4.79 Å². The zero-order chi connectivity index (χ0) is 20.5. The maximum atomic E-state index is 12.4. The molecule has 1 heterocycles. The Morgan fingerprint density at radius 2 is 1.79 bits per heavy atom. The number of hydrogen-bond donors (Lipinski definition) is 1. The monoisotopic (exact) mass is 409 g/mol. The second kappa shape index (κ2) is 10.4. The Hall–Kier alpha value is -3.12. The fourth-order valence-electron chi connectivity index (χ4n) is 2.73. The van der Waals surface area contributed by atoms with Gasteiger partial charge in [-0.1, -0.05) is 42.5 Å². The average Bonchev–Trinajstić information content (AvgIpc) is 3.25. The van der Waals surface area contributed by atoms with Crippen molar-refractivity contribution in [3.63, 3.8) is 0 Å². The van der Waals surface area contributed by atoms with Crippen molar-refractivity contribution < 1.29 is 19.1 Å². The summed E-state index contributed by atoms with van der Waals surface area (Å²) in [6, 6.07) is 18.8. The summed E-state index contributed by atoms with van der Waals surface area (Å²) in [6.45, 7) is 2.54. The zero-order valence-electron chi connectivity index (χ0n) is 16.2. The minimum atomic E-state index is -0.584. The normalized spacial score (nSPS) is 10.4. The topological polar surface area (TPSA) is 64.6 Å². The quantitative estimate of drug-likeness (QED) is 0.539. The molecule has 0 saturated heterocycles. The predicted octanol–water partition coefficient (Wildman–Crippen LogP) is 4.15. The number of carbonyl (C=O) groups is 2. The largest absolute Gasteiger partial charge is 0.488 e. The molecule has 3 aromatic rings. The standard InChI is InChI=1S/C23H23NO4S/c1-17-7-2-3-8-18(17)15-27-21-11-5-4-10-20(21)23(26)28-16-22(25)24-13-12-19-9-6-14-29-19/h2-11,14H,12-13,15-16H2,1H3,(H,24,25). The first kappa shape index (κ1) is 20.6. The highest BCUT2D eigenvalue weighted by atomic mass is 32.1. The molecule has 0 aliphatic rings. The van der Waals surface area contributed by atoms with Crippen molar-refractivity contribution in [1.29, 1.82) is 0 Å². The second-order valence-electron chi connectivity index (χ2n) is 6.47. The van der Waals surface area contributed by atoms with E-state index >= 15 is 0 Å². The van der Waals surface area contributed by atoms with E-state index in [-0.39, 0.29) is 12.5 Å². The fourth-order valence-corrected chi connectivity index (χ4v) is 3.44. The van der Waals surface area contributed by atoms with Crippen LogP contribution in [0.2, 0.25) is 0 Å². The number of esters is 1. The Morgan fingerprint density at radius 3 is 2.59 bits per heavy atom. The van der Waals surface area contributed by atoms with Crippen molar-refractivity contribution >= 4 is 23.2 Å². The number of ether oxygens (including phenoxy) is 2. The summed E-state index contributed by atoms with van der Waals surface area (Å²) in [6.07, 6.45) is 0.757. The lowest BCUT2D eigenvalue weighted by molar-refractivity contribution is -0.124. The summed E-state index contributed by atoms with van der Waals surface area (Å²) in [5.74, 6) is -0.481. The molecule has 1 N–H and O–H groups in total. The van der Waals surface area contributed by atoms with Gasteiger partial charge in [-0.2, -0.15) is 0 Å². The highest BCUT2D eigenvalue weighted by Crippen LogP contribution is 2.21. The van der Waals surface area contributed by atoms with E-state index < -0.39 is 5.97 Å². The van der Waals surface area contributed by atoms with Gasteiger partial charge in [0.1, 0.15) is 17.9 Å². The van der Waals surface area contributed by atoms with Crippen LogP contribution in [0.3, 0.4) is 0 Å². The number of benzene rings is 2. The van der Waals surface area contributed by atoms with E-state index in [1.54, 1.807) is 35.6 Å². The molecule has 1 amide bonds. The molecule has 0 unspecified atom stereocenters. The molecule has 0 bridgehead atoms. The maximum absolute atomic E-state index is 12.4. The van der Waals surface area contributed by atoms with Crippen LogP contribution in [-0.2, 0) is 22.6 Å². The molecule has 0 atom stereocenters. The van der Waals surface area contributed by atoms with Crippen molar-refractivity contribution in [3.05, 3.63) is 87.6 Å². The highest BCUT2D eigenvalue weighted by molar-refractivity contribution is 7.09. The number of rotatable bonds is 9. The Morgan fingerprint density at radius 1 is 1.00 bits per heavy atom. The Labute approximate surface area is 174 Å². The fraction of sp³-hybridized carbons (Fsp3) is 0.217. The van der Waals surface area contributed by atoms with Crippen molar-refractivity contribution in [2.75, 3.05) is 13.2 Å². The van der Waals surface area contributed by atoms with Crippen molar-refractivity contribution in [3.8, 4) is 5.75 Å². The number of hydrogen-bond acceptors (Lipinski definition) is 5. The number of thiophene rings is 1. The van der Waals surface area contributed by atoms with E-state index in [1.807, 2.05) is 48.7 Å². The molecule has 1 aromatic heterocycles. The molecular weight excluding hydrogens is 386 g/mol. The first-order valence-corrected chi connectivity index (χ1v) is 10.2. The Balaban J connectivity index is 1.50. The van der Waals surface area contributed by atoms with Gasteiger partial charge in [0.2, 0.25) is 0 Å².